The molecule has 1 aromatic rings. The van der Waals surface area contributed by atoms with Crippen molar-refractivity contribution in [3.63, 3.8) is 0 Å². The number of piperazine rings is 1. The number of thiophene rings is 1. The Labute approximate surface area is 95.3 Å². The summed E-state index contributed by atoms with van der Waals surface area (Å²) in [5, 5.41) is 5.71. The maximum atomic E-state index is 3.53. The van der Waals surface area contributed by atoms with Gasteiger partial charge in [-0.05, 0) is 30.2 Å². The second kappa shape index (κ2) is 4.24. The summed E-state index contributed by atoms with van der Waals surface area (Å²) in [5.41, 5.74) is 0. The number of hydrogen-bond donors (Lipinski definition) is 1. The number of nitrogens with zero attached hydrogens (tertiary/aromatic N) is 1. The van der Waals surface area contributed by atoms with Crippen LogP contribution < -0.4 is 5.32 Å². The molecule has 2 heterocycles. The SMILES string of the molecule is c1csc(CN2CCNCC2C2CC2)c1. The summed E-state index contributed by atoms with van der Waals surface area (Å²) >= 11 is 1.89. The monoisotopic (exact) mass is 222 g/mol. The van der Waals surface area contributed by atoms with Crippen molar-refractivity contribution in [1.29, 1.82) is 0 Å². The van der Waals surface area contributed by atoms with Gasteiger partial charge in [0.15, 0.2) is 0 Å². The van der Waals surface area contributed by atoms with E-state index in [0.29, 0.717) is 0 Å². The van der Waals surface area contributed by atoms with Gasteiger partial charge in [0.1, 0.15) is 0 Å². The third-order valence-corrected chi connectivity index (χ3v) is 4.36. The second-order valence-corrected chi connectivity index (χ2v) is 5.69. The van der Waals surface area contributed by atoms with E-state index < -0.39 is 0 Å². The zero-order chi connectivity index (χ0) is 10.1. The van der Waals surface area contributed by atoms with E-state index in [2.05, 4.69) is 27.7 Å². The highest BCUT2D eigenvalue weighted by Gasteiger charge is 2.36. The largest absolute Gasteiger partial charge is 0.314 e. The number of hydrogen-bond acceptors (Lipinski definition) is 3. The second-order valence-electron chi connectivity index (χ2n) is 4.66. The quantitative estimate of drug-likeness (QED) is 0.840. The third-order valence-electron chi connectivity index (χ3n) is 3.50. The summed E-state index contributed by atoms with van der Waals surface area (Å²) < 4.78 is 0. The molecule has 15 heavy (non-hydrogen) atoms. The first kappa shape index (κ1) is 9.82. The van der Waals surface area contributed by atoms with Gasteiger partial charge in [0, 0.05) is 37.1 Å². The van der Waals surface area contributed by atoms with Crippen molar-refractivity contribution in [3.8, 4) is 0 Å². The predicted octanol–water partition coefficient (Wildman–Crippen LogP) is 1.93. The zero-order valence-electron chi connectivity index (χ0n) is 8.98. The zero-order valence-corrected chi connectivity index (χ0v) is 9.80. The van der Waals surface area contributed by atoms with Crippen molar-refractivity contribution in [2.75, 3.05) is 19.6 Å². The van der Waals surface area contributed by atoms with Crippen LogP contribution in [0.1, 0.15) is 17.7 Å². The normalized spacial score (nSPS) is 28.1. The van der Waals surface area contributed by atoms with Crippen LogP contribution in [0.3, 0.4) is 0 Å². The highest BCUT2D eigenvalue weighted by Crippen LogP contribution is 2.36. The molecule has 1 N–H and O–H groups in total. The minimum atomic E-state index is 0.806. The first-order valence-corrected chi connectivity index (χ1v) is 6.78. The van der Waals surface area contributed by atoms with Crippen LogP contribution in [-0.4, -0.2) is 30.6 Å². The molecule has 1 atom stereocenters. The van der Waals surface area contributed by atoms with Crippen LogP contribution in [0, 0.1) is 5.92 Å². The summed E-state index contributed by atoms with van der Waals surface area (Å²) in [4.78, 5) is 4.20. The fraction of sp³-hybridized carbons (Fsp3) is 0.667. The first-order valence-electron chi connectivity index (χ1n) is 5.90. The van der Waals surface area contributed by atoms with Gasteiger partial charge in [-0.2, -0.15) is 0 Å². The van der Waals surface area contributed by atoms with E-state index in [4.69, 9.17) is 0 Å². The maximum Gasteiger partial charge on any atom is 0.0332 e. The lowest BCUT2D eigenvalue weighted by Crippen LogP contribution is -2.51. The van der Waals surface area contributed by atoms with Crippen molar-refractivity contribution in [2.24, 2.45) is 5.92 Å². The Morgan fingerprint density at radius 2 is 2.40 bits per heavy atom. The molecule has 2 fully saturated rings. The molecular formula is C12H18N2S. The Bertz CT molecular complexity index is 305. The Balaban J connectivity index is 1.66. The highest BCUT2D eigenvalue weighted by atomic mass is 32.1. The van der Waals surface area contributed by atoms with E-state index in [1.807, 2.05) is 11.3 Å². The highest BCUT2D eigenvalue weighted by molar-refractivity contribution is 7.09. The molecule has 82 valence electrons. The van der Waals surface area contributed by atoms with Gasteiger partial charge < -0.3 is 5.32 Å². The van der Waals surface area contributed by atoms with Gasteiger partial charge in [0.25, 0.3) is 0 Å². The lowest BCUT2D eigenvalue weighted by atomic mass is 10.1. The van der Waals surface area contributed by atoms with Gasteiger partial charge in [0.2, 0.25) is 0 Å². The van der Waals surface area contributed by atoms with E-state index in [9.17, 15) is 0 Å². The molecule has 0 bridgehead atoms. The standard InChI is InChI=1S/C12H18N2S/c1-2-11(15-7-1)9-14-6-5-13-8-12(14)10-3-4-10/h1-2,7,10,12-13H,3-6,8-9H2. The van der Waals surface area contributed by atoms with E-state index in [-0.39, 0.29) is 0 Å². The molecule has 1 aromatic heterocycles. The number of nitrogens with one attached hydrogen (secondary N) is 1. The summed E-state index contributed by atoms with van der Waals surface area (Å²) in [6, 6.07) is 5.23. The average molecular weight is 222 g/mol. The van der Waals surface area contributed by atoms with Gasteiger partial charge in [-0.1, -0.05) is 6.07 Å². The lowest BCUT2D eigenvalue weighted by molar-refractivity contribution is 0.137. The summed E-state index contributed by atoms with van der Waals surface area (Å²) in [6.07, 6.45) is 2.90. The Hall–Kier alpha value is -0.380. The van der Waals surface area contributed by atoms with Crippen molar-refractivity contribution < 1.29 is 0 Å². The van der Waals surface area contributed by atoms with Crippen molar-refractivity contribution in [1.82, 2.24) is 10.2 Å². The smallest absolute Gasteiger partial charge is 0.0332 e. The van der Waals surface area contributed by atoms with Crippen molar-refractivity contribution >= 4 is 11.3 Å². The van der Waals surface area contributed by atoms with Crippen LogP contribution in [0.15, 0.2) is 17.5 Å². The number of rotatable bonds is 3. The van der Waals surface area contributed by atoms with Gasteiger partial charge in [-0.15, -0.1) is 11.3 Å². The van der Waals surface area contributed by atoms with Crippen LogP contribution in [0.5, 0.6) is 0 Å². The molecule has 0 aromatic carbocycles. The Morgan fingerprint density at radius 3 is 3.13 bits per heavy atom. The molecule has 2 nitrogen and oxygen atoms in total. The maximum absolute atomic E-state index is 3.53. The molecule has 0 spiro atoms. The summed E-state index contributed by atoms with van der Waals surface area (Å²) in [5.74, 6) is 0.984. The van der Waals surface area contributed by atoms with E-state index >= 15 is 0 Å². The van der Waals surface area contributed by atoms with Gasteiger partial charge in [-0.25, -0.2) is 0 Å². The van der Waals surface area contributed by atoms with Crippen LogP contribution in [0.25, 0.3) is 0 Å². The fourth-order valence-corrected chi connectivity index (χ4v) is 3.24. The molecule has 1 aliphatic carbocycles. The molecule has 2 aliphatic rings. The molecule has 3 heteroatoms. The topological polar surface area (TPSA) is 15.3 Å². The molecule has 3 rings (SSSR count). The third kappa shape index (κ3) is 2.25. The summed E-state index contributed by atoms with van der Waals surface area (Å²) in [6.45, 7) is 4.75. The first-order chi connectivity index (χ1) is 7.43. The lowest BCUT2D eigenvalue weighted by Gasteiger charge is -2.36. The van der Waals surface area contributed by atoms with Crippen molar-refractivity contribution in [3.05, 3.63) is 22.4 Å². The molecular weight excluding hydrogens is 204 g/mol. The molecule has 0 amide bonds. The molecule has 1 aliphatic heterocycles. The van der Waals surface area contributed by atoms with Crippen molar-refractivity contribution in [2.45, 2.75) is 25.4 Å². The Kier molecular flexibility index (Phi) is 2.77. The van der Waals surface area contributed by atoms with E-state index in [1.54, 1.807) is 0 Å². The fourth-order valence-electron chi connectivity index (χ4n) is 2.51. The van der Waals surface area contributed by atoms with Gasteiger partial charge in [0.05, 0.1) is 0 Å². The van der Waals surface area contributed by atoms with Gasteiger partial charge >= 0.3 is 0 Å². The molecule has 1 saturated carbocycles. The van der Waals surface area contributed by atoms with Crippen LogP contribution in [0.2, 0.25) is 0 Å². The average Bonchev–Trinajstić information content (AvgIpc) is 2.99. The molecule has 1 unspecified atom stereocenters. The minimum Gasteiger partial charge on any atom is -0.314 e. The van der Waals surface area contributed by atoms with Crippen LogP contribution in [0.4, 0.5) is 0 Å². The minimum absolute atomic E-state index is 0.806. The van der Waals surface area contributed by atoms with Crippen LogP contribution >= 0.6 is 11.3 Å². The molecule has 0 radical (unpaired) electrons. The predicted molar refractivity (Wildman–Crippen MR) is 64.1 cm³/mol. The van der Waals surface area contributed by atoms with E-state index in [0.717, 1.165) is 18.5 Å². The molecule has 1 saturated heterocycles. The van der Waals surface area contributed by atoms with Crippen LogP contribution in [-0.2, 0) is 6.54 Å². The van der Waals surface area contributed by atoms with Gasteiger partial charge in [-0.3, -0.25) is 4.90 Å². The Morgan fingerprint density at radius 1 is 1.47 bits per heavy atom. The van der Waals surface area contributed by atoms with E-state index in [1.165, 1.54) is 37.4 Å². The summed E-state index contributed by atoms with van der Waals surface area (Å²) in [7, 11) is 0.